The maximum Gasteiger partial charge on any atom is 0.244 e. The Bertz CT molecular complexity index is 1230. The first-order valence-corrected chi connectivity index (χ1v) is 12.5. The molecule has 0 fully saturated rings. The van der Waals surface area contributed by atoms with Gasteiger partial charge in [0.1, 0.15) is 5.69 Å². The van der Waals surface area contributed by atoms with Gasteiger partial charge in [0, 0.05) is 35.9 Å². The number of anilines is 1. The van der Waals surface area contributed by atoms with Crippen molar-refractivity contribution < 1.29 is 14.0 Å². The first-order valence-electron chi connectivity index (χ1n) is 11.3. The number of nitrogens with zero attached hydrogens (tertiary/aromatic N) is 2. The number of thioether (sulfide) groups is 1. The number of aromatic nitrogens is 1. The molecule has 1 heterocycles. The van der Waals surface area contributed by atoms with Gasteiger partial charge in [0.05, 0.1) is 12.2 Å². The molecule has 6 nitrogen and oxygen atoms in total. The molecule has 4 rings (SSSR count). The van der Waals surface area contributed by atoms with Gasteiger partial charge in [-0.3, -0.25) is 9.59 Å². The zero-order chi connectivity index (χ0) is 24.6. The summed E-state index contributed by atoms with van der Waals surface area (Å²) >= 11 is 1.56. The van der Waals surface area contributed by atoms with E-state index in [4.69, 9.17) is 9.40 Å². The van der Waals surface area contributed by atoms with Crippen molar-refractivity contribution >= 4 is 29.3 Å². The molecule has 0 aliphatic carbocycles. The van der Waals surface area contributed by atoms with Gasteiger partial charge in [-0.2, -0.15) is 0 Å². The Labute approximate surface area is 209 Å². The van der Waals surface area contributed by atoms with Crippen molar-refractivity contribution in [1.29, 1.82) is 0 Å². The van der Waals surface area contributed by atoms with Crippen molar-refractivity contribution in [3.63, 3.8) is 0 Å². The molecule has 35 heavy (non-hydrogen) atoms. The highest BCUT2D eigenvalue weighted by atomic mass is 32.2. The van der Waals surface area contributed by atoms with E-state index >= 15 is 0 Å². The summed E-state index contributed by atoms with van der Waals surface area (Å²) in [5.74, 6) is 0.775. The summed E-state index contributed by atoms with van der Waals surface area (Å²) in [4.78, 5) is 32.3. The zero-order valence-electron chi connectivity index (χ0n) is 19.7. The van der Waals surface area contributed by atoms with E-state index in [0.29, 0.717) is 18.1 Å². The number of carbonyl (C=O) groups is 2. The second-order valence-electron chi connectivity index (χ2n) is 8.02. The van der Waals surface area contributed by atoms with E-state index in [-0.39, 0.29) is 24.8 Å². The molecule has 0 bridgehead atoms. The summed E-state index contributed by atoms with van der Waals surface area (Å²) in [6.45, 7) is -0.0301. The van der Waals surface area contributed by atoms with E-state index in [9.17, 15) is 9.59 Å². The highest BCUT2D eigenvalue weighted by Crippen LogP contribution is 2.33. The van der Waals surface area contributed by atoms with Crippen molar-refractivity contribution in [3.8, 4) is 22.6 Å². The lowest BCUT2D eigenvalue weighted by Crippen LogP contribution is -2.35. The molecule has 1 aromatic heterocycles. The average Bonchev–Trinajstić information content (AvgIpc) is 3.33. The van der Waals surface area contributed by atoms with Crippen LogP contribution in [0.25, 0.3) is 22.6 Å². The SMILES string of the molecule is CSc1ccccc1NC(=O)CN(C)C(=O)CCc1nc(-c2ccccc2)c(-c2ccccc2)o1. The quantitative estimate of drug-likeness (QED) is 0.305. The minimum atomic E-state index is -0.240. The standard InChI is InChI=1S/C28H27N3O3S/c1-31(19-24(32)29-22-15-9-10-16-23(22)35-2)26(33)18-17-25-30-27(20-11-5-3-6-12-20)28(34-25)21-13-7-4-8-14-21/h3-16H,17-19H2,1-2H3,(H,29,32). The number of para-hydroxylation sites is 1. The van der Waals surface area contributed by atoms with Crippen molar-refractivity contribution in [3.05, 3.63) is 90.8 Å². The number of oxazole rings is 1. The first-order chi connectivity index (χ1) is 17.0. The lowest BCUT2D eigenvalue weighted by molar-refractivity contribution is -0.133. The number of hydrogen-bond acceptors (Lipinski definition) is 5. The summed E-state index contributed by atoms with van der Waals surface area (Å²) in [6.07, 6.45) is 2.48. The highest BCUT2D eigenvalue weighted by molar-refractivity contribution is 7.98. The molecule has 0 aliphatic heterocycles. The van der Waals surface area contributed by atoms with E-state index in [1.807, 2.05) is 91.2 Å². The molecule has 0 atom stereocenters. The number of benzene rings is 3. The summed E-state index contributed by atoms with van der Waals surface area (Å²) < 4.78 is 6.11. The van der Waals surface area contributed by atoms with Crippen LogP contribution in [-0.4, -0.2) is 41.5 Å². The van der Waals surface area contributed by atoms with Crippen LogP contribution in [0.5, 0.6) is 0 Å². The Balaban J connectivity index is 1.41. The maximum absolute atomic E-state index is 12.7. The smallest absolute Gasteiger partial charge is 0.244 e. The second kappa shape index (κ2) is 11.5. The number of aryl methyl sites for hydroxylation is 1. The minimum absolute atomic E-state index is 0.0301. The first kappa shape index (κ1) is 24.3. The Morgan fingerprint density at radius 1 is 0.914 bits per heavy atom. The Morgan fingerprint density at radius 2 is 1.54 bits per heavy atom. The molecular weight excluding hydrogens is 458 g/mol. The van der Waals surface area contributed by atoms with Gasteiger partial charge in [-0.15, -0.1) is 11.8 Å². The maximum atomic E-state index is 12.7. The fourth-order valence-corrected chi connectivity index (χ4v) is 4.25. The van der Waals surface area contributed by atoms with Gasteiger partial charge in [-0.25, -0.2) is 4.98 Å². The van der Waals surface area contributed by atoms with Crippen LogP contribution in [0.2, 0.25) is 0 Å². The summed E-state index contributed by atoms with van der Waals surface area (Å²) in [5, 5.41) is 2.88. The molecule has 0 spiro atoms. The average molecular weight is 486 g/mol. The third kappa shape index (κ3) is 6.19. The summed E-state index contributed by atoms with van der Waals surface area (Å²) in [5.41, 5.74) is 3.37. The third-order valence-electron chi connectivity index (χ3n) is 5.49. The number of amides is 2. The Kier molecular flexibility index (Phi) is 8.00. The number of carbonyl (C=O) groups excluding carboxylic acids is 2. The minimum Gasteiger partial charge on any atom is -0.440 e. The second-order valence-corrected chi connectivity index (χ2v) is 8.86. The molecule has 0 aliphatic rings. The van der Waals surface area contributed by atoms with Gasteiger partial charge in [0.25, 0.3) is 0 Å². The number of nitrogens with one attached hydrogen (secondary N) is 1. The van der Waals surface area contributed by atoms with E-state index < -0.39 is 0 Å². The van der Waals surface area contributed by atoms with Gasteiger partial charge >= 0.3 is 0 Å². The molecule has 1 N–H and O–H groups in total. The van der Waals surface area contributed by atoms with Crippen LogP contribution in [0.15, 0.2) is 94.2 Å². The van der Waals surface area contributed by atoms with E-state index in [0.717, 1.165) is 27.4 Å². The molecule has 7 heteroatoms. The Morgan fingerprint density at radius 3 is 2.23 bits per heavy atom. The fourth-order valence-electron chi connectivity index (χ4n) is 3.69. The highest BCUT2D eigenvalue weighted by Gasteiger charge is 2.19. The van der Waals surface area contributed by atoms with Crippen molar-refractivity contribution in [2.24, 2.45) is 0 Å². The summed E-state index contributed by atoms with van der Waals surface area (Å²) in [7, 11) is 1.63. The van der Waals surface area contributed by atoms with Crippen molar-refractivity contribution in [2.75, 3.05) is 25.2 Å². The van der Waals surface area contributed by atoms with Crippen molar-refractivity contribution in [1.82, 2.24) is 9.88 Å². The van der Waals surface area contributed by atoms with Crippen molar-refractivity contribution in [2.45, 2.75) is 17.7 Å². The van der Waals surface area contributed by atoms with Gasteiger partial charge < -0.3 is 14.6 Å². The van der Waals surface area contributed by atoms with E-state index in [1.165, 1.54) is 4.90 Å². The van der Waals surface area contributed by atoms with E-state index in [2.05, 4.69) is 5.32 Å². The van der Waals surface area contributed by atoms with Gasteiger partial charge in [-0.1, -0.05) is 72.8 Å². The van der Waals surface area contributed by atoms with Crippen LogP contribution in [0.3, 0.4) is 0 Å². The van der Waals surface area contributed by atoms with Gasteiger partial charge in [-0.05, 0) is 18.4 Å². The molecule has 2 amide bonds. The largest absolute Gasteiger partial charge is 0.440 e. The fraction of sp³-hybridized carbons (Fsp3) is 0.179. The normalized spacial score (nSPS) is 10.7. The molecule has 178 valence electrons. The molecule has 0 unspecified atom stereocenters. The van der Waals surface area contributed by atoms with Crippen LogP contribution in [0.4, 0.5) is 5.69 Å². The zero-order valence-corrected chi connectivity index (χ0v) is 20.5. The molecule has 0 radical (unpaired) electrons. The van der Waals surface area contributed by atoms with Crippen LogP contribution in [0.1, 0.15) is 12.3 Å². The molecule has 0 saturated heterocycles. The monoisotopic (exact) mass is 485 g/mol. The van der Waals surface area contributed by atoms with Gasteiger partial charge in [0.15, 0.2) is 11.7 Å². The number of likely N-dealkylation sites (N-methyl/N-ethyl adjacent to an activating group) is 1. The Hall–Kier alpha value is -3.84. The van der Waals surface area contributed by atoms with E-state index in [1.54, 1.807) is 18.8 Å². The van der Waals surface area contributed by atoms with Crippen LogP contribution < -0.4 is 5.32 Å². The predicted octanol–water partition coefficient (Wildman–Crippen LogP) is 5.76. The topological polar surface area (TPSA) is 75.4 Å². The molecule has 0 saturated carbocycles. The summed E-state index contributed by atoms with van der Waals surface area (Å²) in [6, 6.07) is 27.2. The molecule has 4 aromatic rings. The number of hydrogen-bond donors (Lipinski definition) is 1. The van der Waals surface area contributed by atoms with Crippen LogP contribution in [-0.2, 0) is 16.0 Å². The van der Waals surface area contributed by atoms with Crippen LogP contribution in [0, 0.1) is 0 Å². The lowest BCUT2D eigenvalue weighted by Gasteiger charge is -2.17. The number of rotatable bonds is 9. The third-order valence-corrected chi connectivity index (χ3v) is 6.29. The lowest BCUT2D eigenvalue weighted by atomic mass is 10.1. The predicted molar refractivity (Wildman–Crippen MR) is 140 cm³/mol. The van der Waals surface area contributed by atoms with Gasteiger partial charge in [0.2, 0.25) is 11.8 Å². The molecular formula is C28H27N3O3S. The van der Waals surface area contributed by atoms with Crippen LogP contribution >= 0.6 is 11.8 Å². The molecule has 3 aromatic carbocycles.